The summed E-state index contributed by atoms with van der Waals surface area (Å²) in [4.78, 5) is 11.0. The highest BCUT2D eigenvalue weighted by atomic mass is 16.5. The van der Waals surface area contributed by atoms with Gasteiger partial charge in [-0.15, -0.1) is 0 Å². The predicted molar refractivity (Wildman–Crippen MR) is 36.3 cm³/mol. The Kier molecular flexibility index (Phi) is 0.826. The molecule has 0 bridgehead atoms. The van der Waals surface area contributed by atoms with Crippen LogP contribution in [0.25, 0.3) is 0 Å². The summed E-state index contributed by atoms with van der Waals surface area (Å²) in [7, 11) is 0. The van der Waals surface area contributed by atoms with Gasteiger partial charge in [0.1, 0.15) is 5.75 Å². The number of carbonyl (C=O) groups excluding carboxylic acids is 1. The average Bonchev–Trinajstić information content (AvgIpc) is 2.32. The molecule has 10 heavy (non-hydrogen) atoms. The van der Waals surface area contributed by atoms with Crippen molar-refractivity contribution in [3.05, 3.63) is 29.8 Å². The molecule has 0 saturated carbocycles. The first-order valence-corrected chi connectivity index (χ1v) is 3.04. The maximum atomic E-state index is 11.0. The van der Waals surface area contributed by atoms with Crippen LogP contribution in [0.1, 0.15) is 11.7 Å². The minimum Gasteiger partial charge on any atom is -0.485 e. The zero-order chi connectivity index (χ0) is 7.84. The highest BCUT2D eigenvalue weighted by molar-refractivity contribution is 6.02. The molecule has 0 fully saturated rings. The molecule has 0 saturated heterocycles. The number of rotatable bonds is 0. The molecule has 1 aromatic rings. The van der Waals surface area contributed by atoms with E-state index in [1.807, 2.05) is 0 Å². The van der Waals surface area contributed by atoms with Crippen molar-refractivity contribution in [2.75, 3.05) is 6.61 Å². The summed E-state index contributed by atoms with van der Waals surface area (Å²) >= 11 is 0. The third kappa shape index (κ3) is 0.620. The van der Waals surface area contributed by atoms with Crippen molar-refractivity contribution in [1.29, 1.82) is 0 Å². The van der Waals surface area contributed by atoms with Crippen molar-refractivity contribution in [3.63, 3.8) is 0 Å². The van der Waals surface area contributed by atoms with Gasteiger partial charge in [-0.25, -0.2) is 0 Å². The van der Waals surface area contributed by atoms with Crippen molar-refractivity contribution >= 4 is 5.78 Å². The number of fused-ring (bicyclic) bond motifs is 1. The normalized spacial score (nSPS) is 16.0. The maximum absolute atomic E-state index is 11.0. The second kappa shape index (κ2) is 1.84. The summed E-state index contributed by atoms with van der Waals surface area (Å²) in [6, 6.07) is 5.15. The van der Waals surface area contributed by atoms with E-state index in [1.54, 1.807) is 18.2 Å². The number of hydrogen-bond acceptors (Lipinski definition) is 2. The van der Waals surface area contributed by atoms with Crippen LogP contribution in [0.4, 0.5) is 0 Å². The Hall–Kier alpha value is -1.31. The number of hydrogen-bond donors (Lipinski definition) is 0. The van der Waals surface area contributed by atoms with Crippen molar-refractivity contribution < 1.29 is 10.9 Å². The fourth-order valence-electron chi connectivity index (χ4n) is 0.986. The molecule has 1 heterocycles. The molecule has 0 spiro atoms. The van der Waals surface area contributed by atoms with Gasteiger partial charge in [0.05, 0.1) is 6.93 Å². The van der Waals surface area contributed by atoms with Gasteiger partial charge in [0.15, 0.2) is 6.61 Å². The Morgan fingerprint density at radius 3 is 3.40 bits per heavy atom. The van der Waals surface area contributed by atoms with E-state index in [4.69, 9.17) is 6.11 Å². The Balaban J connectivity index is 2.59. The maximum Gasteiger partial charge on any atom is 0.203 e. The summed E-state index contributed by atoms with van der Waals surface area (Å²) in [6.45, 7) is 0.124. The summed E-state index contributed by atoms with van der Waals surface area (Å²) in [5.41, 5.74) is 0.598. The molecule has 1 aliphatic heterocycles. The number of ether oxygens (including phenoxy) is 1. The highest BCUT2D eigenvalue weighted by Crippen LogP contribution is 2.23. The van der Waals surface area contributed by atoms with Gasteiger partial charge < -0.3 is 4.74 Å². The molecule has 1 aliphatic rings. The Morgan fingerprint density at radius 2 is 2.50 bits per heavy atom. The molecular formula is C8H6O2. The topological polar surface area (TPSA) is 26.3 Å². The fourth-order valence-corrected chi connectivity index (χ4v) is 0.986. The molecular weight excluding hydrogens is 128 g/mol. The first-order valence-electron chi connectivity index (χ1n) is 3.54. The van der Waals surface area contributed by atoms with E-state index in [1.165, 1.54) is 0 Å². The SMILES string of the molecule is [2H]c1ccc2c(c1)OCC2=O. The zero-order valence-electron chi connectivity index (χ0n) is 6.26. The number of Topliss-reactive ketones (excluding diaryl/α,β-unsaturated/α-hetero) is 1. The van der Waals surface area contributed by atoms with Crippen LogP contribution >= 0.6 is 0 Å². The number of benzene rings is 1. The quantitative estimate of drug-likeness (QED) is 0.535. The van der Waals surface area contributed by atoms with E-state index in [0.717, 1.165) is 0 Å². The Morgan fingerprint density at radius 1 is 1.60 bits per heavy atom. The summed E-state index contributed by atoms with van der Waals surface area (Å²) in [5.74, 6) is 0.544. The minimum atomic E-state index is 0.000000000000000222. The summed E-state index contributed by atoms with van der Waals surface area (Å²) < 4.78 is 12.3. The summed E-state index contributed by atoms with van der Waals surface area (Å²) in [6.07, 6.45) is 0. The lowest BCUT2D eigenvalue weighted by Crippen LogP contribution is -1.98. The first kappa shape index (κ1) is 4.50. The van der Waals surface area contributed by atoms with E-state index >= 15 is 0 Å². The van der Waals surface area contributed by atoms with Gasteiger partial charge in [0.25, 0.3) is 0 Å². The molecule has 0 amide bonds. The van der Waals surface area contributed by atoms with Crippen LogP contribution < -0.4 is 4.74 Å². The second-order valence-corrected chi connectivity index (χ2v) is 2.13. The van der Waals surface area contributed by atoms with E-state index in [2.05, 4.69) is 0 Å². The molecule has 0 aliphatic carbocycles. The largest absolute Gasteiger partial charge is 0.485 e. The standard InChI is InChI=1S/C8H6O2/c9-7-5-10-8-4-2-1-3-6(7)8/h1-4H,5H2/i2D. The van der Waals surface area contributed by atoms with E-state index in [0.29, 0.717) is 17.4 Å². The van der Waals surface area contributed by atoms with Crippen LogP contribution in [0.5, 0.6) is 5.75 Å². The molecule has 50 valence electrons. The van der Waals surface area contributed by atoms with E-state index in [9.17, 15) is 4.79 Å². The van der Waals surface area contributed by atoms with Gasteiger partial charge in [0, 0.05) is 0 Å². The monoisotopic (exact) mass is 135 g/mol. The average molecular weight is 135 g/mol. The van der Waals surface area contributed by atoms with Crippen molar-refractivity contribution in [2.45, 2.75) is 0 Å². The molecule has 2 heteroatoms. The fraction of sp³-hybridized carbons (Fsp3) is 0.125. The van der Waals surface area contributed by atoms with Gasteiger partial charge in [-0.05, 0) is 12.1 Å². The van der Waals surface area contributed by atoms with Crippen LogP contribution in [-0.2, 0) is 0 Å². The van der Waals surface area contributed by atoms with Crippen LogP contribution in [0.2, 0.25) is 0 Å². The zero-order valence-corrected chi connectivity index (χ0v) is 5.26. The van der Waals surface area contributed by atoms with Gasteiger partial charge in [-0.2, -0.15) is 0 Å². The first-order chi connectivity index (χ1) is 5.27. The van der Waals surface area contributed by atoms with Crippen molar-refractivity contribution in [1.82, 2.24) is 0 Å². The third-order valence-corrected chi connectivity index (χ3v) is 1.49. The molecule has 1 aromatic carbocycles. The van der Waals surface area contributed by atoms with E-state index < -0.39 is 0 Å². The molecule has 2 rings (SSSR count). The smallest absolute Gasteiger partial charge is 0.203 e. The van der Waals surface area contributed by atoms with Gasteiger partial charge in [0.2, 0.25) is 5.78 Å². The van der Waals surface area contributed by atoms with E-state index in [-0.39, 0.29) is 12.4 Å². The van der Waals surface area contributed by atoms with Crippen molar-refractivity contribution in [3.8, 4) is 5.75 Å². The van der Waals surface area contributed by atoms with Gasteiger partial charge in [-0.1, -0.05) is 12.1 Å². The lowest BCUT2D eigenvalue weighted by Gasteiger charge is -1.92. The Bertz CT molecular complexity index is 320. The van der Waals surface area contributed by atoms with Crippen LogP contribution in [0.15, 0.2) is 24.2 Å². The summed E-state index contributed by atoms with van der Waals surface area (Å²) in [5, 5.41) is 0. The lowest BCUT2D eigenvalue weighted by atomic mass is 10.2. The van der Waals surface area contributed by atoms with Gasteiger partial charge >= 0.3 is 0 Å². The second-order valence-electron chi connectivity index (χ2n) is 2.13. The predicted octanol–water partition coefficient (Wildman–Crippen LogP) is 1.26. The highest BCUT2D eigenvalue weighted by Gasteiger charge is 2.18. The van der Waals surface area contributed by atoms with Crippen LogP contribution in [-0.4, -0.2) is 12.4 Å². The minimum absolute atomic E-state index is 0.000000000000000222. The molecule has 0 N–H and O–H groups in total. The van der Waals surface area contributed by atoms with Crippen LogP contribution in [0.3, 0.4) is 0 Å². The number of para-hydroxylation sites is 1. The molecule has 0 aromatic heterocycles. The Labute approximate surface area is 59.8 Å². The lowest BCUT2D eigenvalue weighted by molar-refractivity contribution is 0.0961. The van der Waals surface area contributed by atoms with Crippen LogP contribution in [0, 0.1) is 0 Å². The molecule has 2 nitrogen and oxygen atoms in total. The molecule has 0 atom stereocenters. The van der Waals surface area contributed by atoms with Gasteiger partial charge in [-0.3, -0.25) is 4.79 Å². The van der Waals surface area contributed by atoms with Crippen molar-refractivity contribution in [2.24, 2.45) is 0 Å². The molecule has 0 unspecified atom stereocenters. The third-order valence-electron chi connectivity index (χ3n) is 1.49. The molecule has 0 radical (unpaired) electrons. The number of carbonyl (C=O) groups is 1. The number of ketones is 1.